The van der Waals surface area contributed by atoms with Gasteiger partial charge in [0.25, 0.3) is 11.8 Å². The molecule has 2 amide bonds. The molecular formula is C26H22ClN3O4. The average molecular weight is 476 g/mol. The number of hydrogen-bond acceptors (Lipinski definition) is 5. The monoisotopic (exact) mass is 475 g/mol. The van der Waals surface area contributed by atoms with Crippen molar-refractivity contribution in [3.8, 4) is 17.6 Å². The number of benzene rings is 3. The summed E-state index contributed by atoms with van der Waals surface area (Å²) in [6.07, 6.45) is 1.33. The van der Waals surface area contributed by atoms with Gasteiger partial charge in [-0.3, -0.25) is 9.59 Å². The van der Waals surface area contributed by atoms with Crippen LogP contribution in [0, 0.1) is 25.2 Å². The molecule has 172 valence electrons. The minimum atomic E-state index is -0.647. The summed E-state index contributed by atoms with van der Waals surface area (Å²) in [6, 6.07) is 18.1. The number of phenols is 1. The Hall–Kier alpha value is -4.28. The summed E-state index contributed by atoms with van der Waals surface area (Å²) < 4.78 is 5.66. The fourth-order valence-corrected chi connectivity index (χ4v) is 3.27. The molecule has 0 heterocycles. The number of aromatic hydroxyl groups is 1. The van der Waals surface area contributed by atoms with Crippen LogP contribution in [-0.4, -0.2) is 23.5 Å². The first-order chi connectivity index (χ1) is 16.2. The maximum absolute atomic E-state index is 12.6. The molecule has 0 saturated heterocycles. The van der Waals surface area contributed by atoms with Gasteiger partial charge in [0.1, 0.15) is 23.1 Å². The van der Waals surface area contributed by atoms with Crippen molar-refractivity contribution in [2.45, 2.75) is 13.8 Å². The minimum Gasteiger partial charge on any atom is -0.508 e. The Kier molecular flexibility index (Phi) is 7.91. The summed E-state index contributed by atoms with van der Waals surface area (Å²) in [4.78, 5) is 25.0. The Bertz CT molecular complexity index is 1290. The van der Waals surface area contributed by atoms with E-state index in [0.29, 0.717) is 22.0 Å². The molecule has 0 aromatic heterocycles. The van der Waals surface area contributed by atoms with Gasteiger partial charge in [-0.2, -0.15) is 5.26 Å². The molecule has 0 spiro atoms. The van der Waals surface area contributed by atoms with Crippen LogP contribution in [0.15, 0.2) is 66.2 Å². The molecule has 0 bridgehead atoms. The number of amides is 2. The number of aryl methyl sites for hydroxylation is 2. The van der Waals surface area contributed by atoms with Crippen molar-refractivity contribution in [3.63, 3.8) is 0 Å². The SMILES string of the molecule is Cc1ccc(NC(=O)COc2ccc(Cl)cc2/C=C(\C#N)C(=O)Nc2ccc(O)cc2)c(C)c1. The number of rotatable bonds is 7. The number of halogens is 1. The second kappa shape index (κ2) is 11.0. The van der Waals surface area contributed by atoms with Crippen molar-refractivity contribution in [2.24, 2.45) is 0 Å². The van der Waals surface area contributed by atoms with Crippen LogP contribution in [-0.2, 0) is 9.59 Å². The van der Waals surface area contributed by atoms with Gasteiger partial charge in [0, 0.05) is 22.0 Å². The van der Waals surface area contributed by atoms with Gasteiger partial charge in [0.05, 0.1) is 0 Å². The molecule has 0 unspecified atom stereocenters. The fourth-order valence-electron chi connectivity index (χ4n) is 3.09. The van der Waals surface area contributed by atoms with E-state index >= 15 is 0 Å². The van der Waals surface area contributed by atoms with Crippen LogP contribution in [0.5, 0.6) is 11.5 Å². The van der Waals surface area contributed by atoms with Crippen molar-refractivity contribution in [2.75, 3.05) is 17.2 Å². The summed E-state index contributed by atoms with van der Waals surface area (Å²) in [6.45, 7) is 3.59. The number of nitrogens with one attached hydrogen (secondary N) is 2. The minimum absolute atomic E-state index is 0.0522. The van der Waals surface area contributed by atoms with E-state index in [9.17, 15) is 20.0 Å². The van der Waals surface area contributed by atoms with Crippen LogP contribution in [0.25, 0.3) is 6.08 Å². The van der Waals surface area contributed by atoms with E-state index < -0.39 is 5.91 Å². The Morgan fingerprint density at radius 3 is 2.47 bits per heavy atom. The molecule has 8 heteroatoms. The lowest BCUT2D eigenvalue weighted by Crippen LogP contribution is -2.21. The molecule has 0 fully saturated rings. The number of phenolic OH excluding ortho intramolecular Hbond substituents is 1. The predicted molar refractivity (Wildman–Crippen MR) is 132 cm³/mol. The second-order valence-electron chi connectivity index (χ2n) is 7.51. The van der Waals surface area contributed by atoms with E-state index in [-0.39, 0.29) is 29.6 Å². The van der Waals surface area contributed by atoms with E-state index in [2.05, 4.69) is 10.6 Å². The van der Waals surface area contributed by atoms with Crippen LogP contribution in [0.3, 0.4) is 0 Å². The molecule has 7 nitrogen and oxygen atoms in total. The molecule has 0 aliphatic rings. The van der Waals surface area contributed by atoms with Gasteiger partial charge in [-0.1, -0.05) is 29.3 Å². The first-order valence-electron chi connectivity index (χ1n) is 10.3. The van der Waals surface area contributed by atoms with E-state index in [0.717, 1.165) is 11.1 Å². The largest absolute Gasteiger partial charge is 0.508 e. The predicted octanol–water partition coefficient (Wildman–Crippen LogP) is 5.23. The van der Waals surface area contributed by atoms with E-state index in [1.54, 1.807) is 12.1 Å². The van der Waals surface area contributed by atoms with Crippen LogP contribution < -0.4 is 15.4 Å². The molecule has 34 heavy (non-hydrogen) atoms. The number of hydrogen-bond donors (Lipinski definition) is 3. The van der Waals surface area contributed by atoms with Gasteiger partial charge in [-0.05, 0) is 74.0 Å². The summed E-state index contributed by atoms with van der Waals surface area (Å²) in [5, 5.41) is 24.6. The third-order valence-electron chi connectivity index (χ3n) is 4.78. The number of carbonyl (C=O) groups excluding carboxylic acids is 2. The maximum atomic E-state index is 12.6. The molecule has 3 aromatic carbocycles. The lowest BCUT2D eigenvalue weighted by Gasteiger charge is -2.12. The normalized spacial score (nSPS) is 10.8. The van der Waals surface area contributed by atoms with Gasteiger partial charge >= 0.3 is 0 Å². The first kappa shape index (κ1) is 24.4. The van der Waals surface area contributed by atoms with E-state index in [1.807, 2.05) is 38.1 Å². The molecule has 0 radical (unpaired) electrons. The van der Waals surface area contributed by atoms with E-state index in [4.69, 9.17) is 16.3 Å². The Labute approximate surface area is 202 Å². The number of nitriles is 1. The third kappa shape index (κ3) is 6.61. The zero-order valence-corrected chi connectivity index (χ0v) is 19.3. The van der Waals surface area contributed by atoms with Crippen LogP contribution in [0.1, 0.15) is 16.7 Å². The highest BCUT2D eigenvalue weighted by Gasteiger charge is 2.13. The zero-order chi connectivity index (χ0) is 24.7. The van der Waals surface area contributed by atoms with Crippen molar-refractivity contribution >= 4 is 40.9 Å². The molecule has 0 aliphatic heterocycles. The number of ether oxygens (including phenoxy) is 1. The number of nitrogens with zero attached hydrogens (tertiary/aromatic N) is 1. The first-order valence-corrected chi connectivity index (χ1v) is 10.6. The topological polar surface area (TPSA) is 111 Å². The van der Waals surface area contributed by atoms with Crippen molar-refractivity contribution in [3.05, 3.63) is 87.9 Å². The smallest absolute Gasteiger partial charge is 0.266 e. The van der Waals surface area contributed by atoms with Crippen molar-refractivity contribution < 1.29 is 19.4 Å². The lowest BCUT2D eigenvalue weighted by molar-refractivity contribution is -0.118. The highest BCUT2D eigenvalue weighted by atomic mass is 35.5. The standard InChI is InChI=1S/C26H22ClN3O4/c1-16-3-9-23(17(2)11-16)30-25(32)15-34-24-10-4-20(27)13-18(24)12-19(14-28)26(33)29-21-5-7-22(31)8-6-21/h3-13,31H,15H2,1-2H3,(H,29,33)(H,30,32)/b19-12+. The molecule has 3 rings (SSSR count). The molecular weight excluding hydrogens is 454 g/mol. The van der Waals surface area contributed by atoms with Crippen molar-refractivity contribution in [1.29, 1.82) is 5.26 Å². The molecule has 0 aliphatic carbocycles. The zero-order valence-electron chi connectivity index (χ0n) is 18.6. The van der Waals surface area contributed by atoms with Gasteiger partial charge in [0.2, 0.25) is 0 Å². The van der Waals surface area contributed by atoms with E-state index in [1.165, 1.54) is 36.4 Å². The van der Waals surface area contributed by atoms with Gasteiger partial charge < -0.3 is 20.5 Å². The van der Waals surface area contributed by atoms with Crippen LogP contribution in [0.2, 0.25) is 5.02 Å². The average Bonchev–Trinajstić information content (AvgIpc) is 2.80. The molecule has 3 N–H and O–H groups in total. The fraction of sp³-hybridized carbons (Fsp3) is 0.115. The van der Waals surface area contributed by atoms with Crippen molar-refractivity contribution in [1.82, 2.24) is 0 Å². The quantitative estimate of drug-likeness (QED) is 0.246. The summed E-state index contributed by atoms with van der Waals surface area (Å²) >= 11 is 6.10. The third-order valence-corrected chi connectivity index (χ3v) is 5.01. The summed E-state index contributed by atoms with van der Waals surface area (Å²) in [7, 11) is 0. The van der Waals surface area contributed by atoms with Gasteiger partial charge in [0.15, 0.2) is 6.61 Å². The van der Waals surface area contributed by atoms with Gasteiger partial charge in [-0.25, -0.2) is 0 Å². The Balaban J connectivity index is 1.74. The molecule has 0 saturated carbocycles. The lowest BCUT2D eigenvalue weighted by atomic mass is 10.1. The summed E-state index contributed by atoms with van der Waals surface area (Å²) in [5.74, 6) is -0.671. The maximum Gasteiger partial charge on any atom is 0.266 e. The molecule has 3 aromatic rings. The number of carbonyl (C=O) groups is 2. The number of anilines is 2. The summed E-state index contributed by atoms with van der Waals surface area (Å²) in [5.41, 5.74) is 3.29. The highest BCUT2D eigenvalue weighted by molar-refractivity contribution is 6.30. The Morgan fingerprint density at radius 1 is 1.06 bits per heavy atom. The van der Waals surface area contributed by atoms with Crippen LogP contribution in [0.4, 0.5) is 11.4 Å². The molecule has 0 atom stereocenters. The Morgan fingerprint density at radius 2 is 1.79 bits per heavy atom. The highest BCUT2D eigenvalue weighted by Crippen LogP contribution is 2.26. The van der Waals surface area contributed by atoms with Crippen LogP contribution >= 0.6 is 11.6 Å². The second-order valence-corrected chi connectivity index (χ2v) is 7.94. The van der Waals surface area contributed by atoms with Gasteiger partial charge in [-0.15, -0.1) is 0 Å².